The fourth-order valence-electron chi connectivity index (χ4n) is 3.27. The SMILES string of the molecule is CCOCCn1c(=NC(=O)C2CCN(S(C)(=O)=O)CC2)sc2cc(F)ccc21. The van der Waals surface area contributed by atoms with Crippen LogP contribution in [0.3, 0.4) is 0 Å². The van der Waals surface area contributed by atoms with Gasteiger partial charge in [0.25, 0.3) is 5.91 Å². The van der Waals surface area contributed by atoms with Crippen LogP contribution in [0.15, 0.2) is 23.2 Å². The molecule has 1 saturated heterocycles. The van der Waals surface area contributed by atoms with Gasteiger partial charge in [-0.3, -0.25) is 4.79 Å². The molecule has 1 aromatic heterocycles. The van der Waals surface area contributed by atoms with Crippen LogP contribution in [0.1, 0.15) is 19.8 Å². The van der Waals surface area contributed by atoms with Gasteiger partial charge in [0.05, 0.1) is 23.1 Å². The Morgan fingerprint density at radius 3 is 2.71 bits per heavy atom. The summed E-state index contributed by atoms with van der Waals surface area (Å²) in [5.41, 5.74) is 0.810. The Morgan fingerprint density at radius 1 is 1.36 bits per heavy atom. The second kappa shape index (κ2) is 8.81. The fourth-order valence-corrected chi connectivity index (χ4v) is 5.23. The number of halogens is 1. The van der Waals surface area contributed by atoms with Crippen molar-refractivity contribution < 1.29 is 22.3 Å². The van der Waals surface area contributed by atoms with E-state index >= 15 is 0 Å². The topological polar surface area (TPSA) is 81.0 Å². The van der Waals surface area contributed by atoms with Gasteiger partial charge in [0.15, 0.2) is 4.80 Å². The summed E-state index contributed by atoms with van der Waals surface area (Å²) < 4.78 is 46.2. The number of carbonyl (C=O) groups is 1. The summed E-state index contributed by atoms with van der Waals surface area (Å²) in [6.45, 7) is 4.12. The zero-order chi connectivity index (χ0) is 20.3. The van der Waals surface area contributed by atoms with Crippen molar-refractivity contribution in [3.63, 3.8) is 0 Å². The lowest BCUT2D eigenvalue weighted by Gasteiger charge is -2.28. The number of amides is 1. The number of thiazole rings is 1. The minimum atomic E-state index is -3.23. The van der Waals surface area contributed by atoms with E-state index in [1.54, 1.807) is 6.07 Å². The molecule has 1 fully saturated rings. The summed E-state index contributed by atoms with van der Waals surface area (Å²) in [6.07, 6.45) is 2.08. The number of nitrogens with zero attached hydrogens (tertiary/aromatic N) is 3. The molecule has 10 heteroatoms. The van der Waals surface area contributed by atoms with E-state index < -0.39 is 10.0 Å². The maximum atomic E-state index is 13.6. The van der Waals surface area contributed by atoms with E-state index in [0.29, 0.717) is 50.5 Å². The Hall–Kier alpha value is -1.62. The molecular formula is C18H24FN3O4S2. The van der Waals surface area contributed by atoms with Gasteiger partial charge in [0.1, 0.15) is 5.82 Å². The van der Waals surface area contributed by atoms with Crippen molar-refractivity contribution >= 4 is 37.5 Å². The Labute approximate surface area is 167 Å². The molecule has 154 valence electrons. The van der Waals surface area contributed by atoms with E-state index in [9.17, 15) is 17.6 Å². The Balaban J connectivity index is 1.86. The summed E-state index contributed by atoms with van der Waals surface area (Å²) in [5, 5.41) is 0. The van der Waals surface area contributed by atoms with Crippen LogP contribution in [-0.4, -0.2) is 55.8 Å². The second-order valence-corrected chi connectivity index (χ2v) is 9.72. The van der Waals surface area contributed by atoms with Crippen LogP contribution in [0.4, 0.5) is 4.39 Å². The highest BCUT2D eigenvalue weighted by Gasteiger charge is 2.29. The molecule has 0 atom stereocenters. The van der Waals surface area contributed by atoms with Crippen LogP contribution >= 0.6 is 11.3 Å². The van der Waals surface area contributed by atoms with Crippen LogP contribution in [-0.2, 0) is 26.1 Å². The molecule has 3 rings (SSSR count). The molecule has 0 N–H and O–H groups in total. The maximum Gasteiger partial charge on any atom is 0.251 e. The number of sulfonamides is 1. The van der Waals surface area contributed by atoms with E-state index in [4.69, 9.17) is 4.74 Å². The lowest BCUT2D eigenvalue weighted by atomic mass is 9.98. The van der Waals surface area contributed by atoms with E-state index in [1.165, 1.54) is 34.0 Å². The van der Waals surface area contributed by atoms with Gasteiger partial charge in [-0.1, -0.05) is 11.3 Å². The van der Waals surface area contributed by atoms with Crippen molar-refractivity contribution in [3.8, 4) is 0 Å². The van der Waals surface area contributed by atoms with E-state index in [1.807, 2.05) is 11.5 Å². The predicted molar refractivity (Wildman–Crippen MR) is 106 cm³/mol. The number of benzene rings is 1. The molecule has 7 nitrogen and oxygen atoms in total. The zero-order valence-electron chi connectivity index (χ0n) is 15.9. The third-order valence-corrected chi connectivity index (χ3v) is 7.13. The molecule has 2 heterocycles. The van der Waals surface area contributed by atoms with Gasteiger partial charge in [0, 0.05) is 32.2 Å². The molecular weight excluding hydrogens is 405 g/mol. The first-order valence-electron chi connectivity index (χ1n) is 9.20. The van der Waals surface area contributed by atoms with Gasteiger partial charge in [-0.2, -0.15) is 4.99 Å². The van der Waals surface area contributed by atoms with Crippen LogP contribution < -0.4 is 4.80 Å². The molecule has 0 aliphatic carbocycles. The smallest absolute Gasteiger partial charge is 0.251 e. The quantitative estimate of drug-likeness (QED) is 0.658. The van der Waals surface area contributed by atoms with Crippen molar-refractivity contribution in [2.24, 2.45) is 10.9 Å². The van der Waals surface area contributed by atoms with Crippen LogP contribution in [0.5, 0.6) is 0 Å². The summed E-state index contributed by atoms with van der Waals surface area (Å²) in [5.74, 6) is -0.901. The van der Waals surface area contributed by atoms with Gasteiger partial charge in [-0.25, -0.2) is 17.1 Å². The number of aromatic nitrogens is 1. The first-order valence-corrected chi connectivity index (χ1v) is 11.9. The van der Waals surface area contributed by atoms with Crippen LogP contribution in [0.2, 0.25) is 0 Å². The van der Waals surface area contributed by atoms with Crippen molar-refractivity contribution in [2.75, 3.05) is 32.6 Å². The molecule has 0 radical (unpaired) electrons. The number of rotatable bonds is 6. The van der Waals surface area contributed by atoms with Gasteiger partial charge in [-0.15, -0.1) is 0 Å². The molecule has 0 unspecified atom stereocenters. The standard InChI is InChI=1S/C18H24FN3O4S2/c1-3-26-11-10-22-15-5-4-14(19)12-16(15)27-18(22)20-17(23)13-6-8-21(9-7-13)28(2,24)25/h4-5,12-13H,3,6-11H2,1-2H3. The monoisotopic (exact) mass is 429 g/mol. The summed E-state index contributed by atoms with van der Waals surface area (Å²) in [4.78, 5) is 17.5. The van der Waals surface area contributed by atoms with Crippen LogP contribution in [0.25, 0.3) is 10.2 Å². The minimum Gasteiger partial charge on any atom is -0.380 e. The highest BCUT2D eigenvalue weighted by atomic mass is 32.2. The molecule has 0 bridgehead atoms. The minimum absolute atomic E-state index is 0.259. The van der Waals surface area contributed by atoms with Crippen molar-refractivity contribution in [1.82, 2.24) is 8.87 Å². The van der Waals surface area contributed by atoms with E-state index in [2.05, 4.69) is 4.99 Å². The average molecular weight is 430 g/mol. The first-order chi connectivity index (χ1) is 13.3. The molecule has 0 saturated carbocycles. The number of fused-ring (bicyclic) bond motifs is 1. The molecule has 1 aromatic carbocycles. The fraction of sp³-hybridized carbons (Fsp3) is 0.556. The zero-order valence-corrected chi connectivity index (χ0v) is 17.6. The normalized spacial score (nSPS) is 17.5. The van der Waals surface area contributed by atoms with Crippen molar-refractivity contribution in [3.05, 3.63) is 28.8 Å². The molecule has 0 spiro atoms. The molecule has 2 aromatic rings. The van der Waals surface area contributed by atoms with E-state index in [0.717, 1.165) is 10.2 Å². The summed E-state index contributed by atoms with van der Waals surface area (Å²) >= 11 is 1.27. The van der Waals surface area contributed by atoms with Gasteiger partial charge >= 0.3 is 0 Å². The lowest BCUT2D eigenvalue weighted by Crippen LogP contribution is -2.39. The van der Waals surface area contributed by atoms with Gasteiger partial charge < -0.3 is 9.30 Å². The van der Waals surface area contributed by atoms with Gasteiger partial charge in [-0.05, 0) is 38.0 Å². The molecule has 1 amide bonds. The number of piperidine rings is 1. The Morgan fingerprint density at radius 2 is 2.07 bits per heavy atom. The molecule has 28 heavy (non-hydrogen) atoms. The second-order valence-electron chi connectivity index (χ2n) is 6.73. The van der Waals surface area contributed by atoms with Crippen LogP contribution in [0, 0.1) is 11.7 Å². The first kappa shape index (κ1) is 21.1. The lowest BCUT2D eigenvalue weighted by molar-refractivity contribution is -0.122. The number of hydrogen-bond acceptors (Lipinski definition) is 5. The number of ether oxygens (including phenoxy) is 1. The average Bonchev–Trinajstić information content (AvgIpc) is 2.97. The number of hydrogen-bond donors (Lipinski definition) is 0. The van der Waals surface area contributed by atoms with Gasteiger partial charge in [0.2, 0.25) is 10.0 Å². The third kappa shape index (κ3) is 4.86. The molecule has 1 aliphatic heterocycles. The number of carbonyl (C=O) groups excluding carboxylic acids is 1. The highest BCUT2D eigenvalue weighted by Crippen LogP contribution is 2.22. The largest absolute Gasteiger partial charge is 0.380 e. The Bertz CT molecular complexity index is 1020. The summed E-state index contributed by atoms with van der Waals surface area (Å²) in [7, 11) is -3.23. The third-order valence-electron chi connectivity index (χ3n) is 4.79. The maximum absolute atomic E-state index is 13.6. The highest BCUT2D eigenvalue weighted by molar-refractivity contribution is 7.88. The Kier molecular flexibility index (Phi) is 6.64. The van der Waals surface area contributed by atoms with E-state index in [-0.39, 0.29) is 17.6 Å². The van der Waals surface area contributed by atoms with Crippen molar-refractivity contribution in [2.45, 2.75) is 26.3 Å². The van der Waals surface area contributed by atoms with Crippen molar-refractivity contribution in [1.29, 1.82) is 0 Å². The predicted octanol–water partition coefficient (Wildman–Crippen LogP) is 1.98. The molecule has 1 aliphatic rings. The summed E-state index contributed by atoms with van der Waals surface area (Å²) in [6, 6.07) is 4.51.